The van der Waals surface area contributed by atoms with Crippen LogP contribution in [0.1, 0.15) is 12.5 Å². The second-order valence-corrected chi connectivity index (χ2v) is 3.31. The minimum absolute atomic E-state index is 0.0775. The monoisotopic (exact) mass is 196 g/mol. The minimum atomic E-state index is -0.146. The van der Waals surface area contributed by atoms with Gasteiger partial charge < -0.3 is 10.2 Å². The molecule has 0 radical (unpaired) electrons. The van der Waals surface area contributed by atoms with Gasteiger partial charge in [0, 0.05) is 25.4 Å². The van der Waals surface area contributed by atoms with Gasteiger partial charge in [-0.15, -0.1) is 0 Å². The van der Waals surface area contributed by atoms with E-state index in [2.05, 4.69) is 15.5 Å². The first-order chi connectivity index (χ1) is 6.65. The third kappa shape index (κ3) is 2.56. The average Bonchev–Trinajstić information content (AvgIpc) is 2.68. The molecule has 0 bridgehead atoms. The first-order valence-electron chi connectivity index (χ1n) is 4.55. The van der Waals surface area contributed by atoms with Crippen molar-refractivity contribution in [1.82, 2.24) is 20.4 Å². The summed E-state index contributed by atoms with van der Waals surface area (Å²) in [4.78, 5) is 13.3. The molecule has 0 aliphatic rings. The van der Waals surface area contributed by atoms with E-state index in [0.717, 1.165) is 5.56 Å². The lowest BCUT2D eigenvalue weighted by atomic mass is 10.2. The molecule has 0 saturated heterocycles. The zero-order valence-corrected chi connectivity index (χ0v) is 8.74. The predicted octanol–water partition coefficient (Wildman–Crippen LogP) is -0.0240. The van der Waals surface area contributed by atoms with Crippen LogP contribution in [0.2, 0.25) is 0 Å². The number of carbonyl (C=O) groups excluding carboxylic acids is 1. The Morgan fingerprint density at radius 3 is 3.00 bits per heavy atom. The largest absolute Gasteiger partial charge is 0.340 e. The van der Waals surface area contributed by atoms with E-state index < -0.39 is 0 Å². The quantitative estimate of drug-likeness (QED) is 0.711. The molecule has 1 aromatic heterocycles. The molecular weight excluding hydrogens is 180 g/mol. The van der Waals surface area contributed by atoms with E-state index in [-0.39, 0.29) is 11.9 Å². The van der Waals surface area contributed by atoms with Gasteiger partial charge in [-0.05, 0) is 14.0 Å². The Morgan fingerprint density at radius 1 is 1.79 bits per heavy atom. The molecule has 0 spiro atoms. The molecule has 1 amide bonds. The highest BCUT2D eigenvalue weighted by Crippen LogP contribution is 2.01. The van der Waals surface area contributed by atoms with Crippen LogP contribution >= 0.6 is 0 Å². The van der Waals surface area contributed by atoms with E-state index >= 15 is 0 Å². The van der Waals surface area contributed by atoms with E-state index in [0.29, 0.717) is 6.54 Å². The fraction of sp³-hybridized carbons (Fsp3) is 0.556. The van der Waals surface area contributed by atoms with Crippen LogP contribution < -0.4 is 5.32 Å². The summed E-state index contributed by atoms with van der Waals surface area (Å²) < 4.78 is 0. The lowest BCUT2D eigenvalue weighted by molar-refractivity contribution is -0.132. The summed E-state index contributed by atoms with van der Waals surface area (Å²) >= 11 is 0. The Bertz CT molecular complexity index is 283. The summed E-state index contributed by atoms with van der Waals surface area (Å²) in [5, 5.41) is 9.45. The van der Waals surface area contributed by atoms with Crippen molar-refractivity contribution in [2.45, 2.75) is 19.5 Å². The molecule has 0 aromatic carbocycles. The second-order valence-electron chi connectivity index (χ2n) is 3.31. The van der Waals surface area contributed by atoms with E-state index in [1.165, 1.54) is 0 Å². The van der Waals surface area contributed by atoms with Crippen molar-refractivity contribution in [3.63, 3.8) is 0 Å². The van der Waals surface area contributed by atoms with Crippen LogP contribution in [0.15, 0.2) is 12.4 Å². The van der Waals surface area contributed by atoms with Gasteiger partial charge in [0.15, 0.2) is 0 Å². The number of likely N-dealkylation sites (N-methyl/N-ethyl adjacent to an activating group) is 2. The number of aromatic amines is 1. The summed E-state index contributed by atoms with van der Waals surface area (Å²) in [5.74, 6) is 0.0775. The number of hydrogen-bond donors (Lipinski definition) is 2. The SMILES string of the molecule is CNC(C)C(=O)N(C)Cc1cn[nH]c1. The molecule has 1 atom stereocenters. The van der Waals surface area contributed by atoms with Gasteiger partial charge in [0.25, 0.3) is 0 Å². The molecule has 78 valence electrons. The van der Waals surface area contributed by atoms with Gasteiger partial charge in [0.1, 0.15) is 0 Å². The fourth-order valence-corrected chi connectivity index (χ4v) is 1.17. The Hall–Kier alpha value is -1.36. The first kappa shape index (κ1) is 10.7. The number of nitrogens with zero attached hydrogens (tertiary/aromatic N) is 2. The van der Waals surface area contributed by atoms with E-state index in [9.17, 15) is 4.79 Å². The maximum atomic E-state index is 11.6. The molecule has 1 aromatic rings. The third-order valence-electron chi connectivity index (χ3n) is 2.15. The molecule has 2 N–H and O–H groups in total. The van der Waals surface area contributed by atoms with Crippen molar-refractivity contribution in [3.8, 4) is 0 Å². The van der Waals surface area contributed by atoms with Crippen LogP contribution in [-0.2, 0) is 11.3 Å². The summed E-state index contributed by atoms with van der Waals surface area (Å²) in [6, 6.07) is -0.146. The molecule has 5 heteroatoms. The highest BCUT2D eigenvalue weighted by Gasteiger charge is 2.15. The maximum absolute atomic E-state index is 11.6. The Labute approximate surface area is 83.5 Å². The summed E-state index contributed by atoms with van der Waals surface area (Å²) in [6.45, 7) is 2.43. The molecule has 0 fully saturated rings. The zero-order valence-electron chi connectivity index (χ0n) is 8.74. The number of rotatable bonds is 4. The number of aromatic nitrogens is 2. The molecule has 1 rings (SSSR count). The molecule has 0 saturated carbocycles. The highest BCUT2D eigenvalue weighted by atomic mass is 16.2. The van der Waals surface area contributed by atoms with Crippen LogP contribution in [0.3, 0.4) is 0 Å². The van der Waals surface area contributed by atoms with Crippen LogP contribution in [0.5, 0.6) is 0 Å². The van der Waals surface area contributed by atoms with Crippen LogP contribution in [-0.4, -0.2) is 41.1 Å². The number of amides is 1. The number of H-pyrrole nitrogens is 1. The summed E-state index contributed by atoms with van der Waals surface area (Å²) in [7, 11) is 3.55. The minimum Gasteiger partial charge on any atom is -0.340 e. The molecule has 0 aliphatic carbocycles. The van der Waals surface area contributed by atoms with Crippen molar-refractivity contribution in [2.75, 3.05) is 14.1 Å². The van der Waals surface area contributed by atoms with E-state index in [1.54, 1.807) is 31.4 Å². The van der Waals surface area contributed by atoms with Gasteiger partial charge in [-0.2, -0.15) is 5.10 Å². The van der Waals surface area contributed by atoms with Crippen molar-refractivity contribution >= 4 is 5.91 Å². The number of carbonyl (C=O) groups is 1. The topological polar surface area (TPSA) is 61.0 Å². The average molecular weight is 196 g/mol. The molecule has 0 aliphatic heterocycles. The van der Waals surface area contributed by atoms with Gasteiger partial charge in [0.05, 0.1) is 12.2 Å². The summed E-state index contributed by atoms with van der Waals surface area (Å²) in [6.07, 6.45) is 3.50. The van der Waals surface area contributed by atoms with Gasteiger partial charge in [-0.25, -0.2) is 0 Å². The molecule has 1 unspecified atom stereocenters. The predicted molar refractivity (Wildman–Crippen MR) is 53.6 cm³/mol. The van der Waals surface area contributed by atoms with E-state index in [4.69, 9.17) is 0 Å². The molecule has 5 nitrogen and oxygen atoms in total. The summed E-state index contributed by atoms with van der Waals surface area (Å²) in [5.41, 5.74) is 1.00. The molecule has 14 heavy (non-hydrogen) atoms. The molecule has 1 heterocycles. The lowest BCUT2D eigenvalue weighted by Crippen LogP contribution is -2.41. The van der Waals surface area contributed by atoms with Crippen LogP contribution in [0.4, 0.5) is 0 Å². The smallest absolute Gasteiger partial charge is 0.239 e. The van der Waals surface area contributed by atoms with Crippen LogP contribution in [0, 0.1) is 0 Å². The Morgan fingerprint density at radius 2 is 2.50 bits per heavy atom. The van der Waals surface area contributed by atoms with Gasteiger partial charge >= 0.3 is 0 Å². The van der Waals surface area contributed by atoms with Gasteiger partial charge in [-0.1, -0.05) is 0 Å². The first-order valence-corrected chi connectivity index (χ1v) is 4.55. The Balaban J connectivity index is 2.50. The van der Waals surface area contributed by atoms with Crippen molar-refractivity contribution < 1.29 is 4.79 Å². The third-order valence-corrected chi connectivity index (χ3v) is 2.15. The molecular formula is C9H16N4O. The fourth-order valence-electron chi connectivity index (χ4n) is 1.17. The van der Waals surface area contributed by atoms with Gasteiger partial charge in [0.2, 0.25) is 5.91 Å². The number of nitrogens with one attached hydrogen (secondary N) is 2. The van der Waals surface area contributed by atoms with Crippen molar-refractivity contribution in [2.24, 2.45) is 0 Å². The normalized spacial score (nSPS) is 12.5. The van der Waals surface area contributed by atoms with Crippen molar-refractivity contribution in [1.29, 1.82) is 0 Å². The van der Waals surface area contributed by atoms with Crippen LogP contribution in [0.25, 0.3) is 0 Å². The standard InChI is InChI=1S/C9H16N4O/c1-7(10-2)9(14)13(3)6-8-4-11-12-5-8/h4-5,7,10H,6H2,1-3H3,(H,11,12). The highest BCUT2D eigenvalue weighted by molar-refractivity contribution is 5.81. The maximum Gasteiger partial charge on any atom is 0.239 e. The Kier molecular flexibility index (Phi) is 3.64. The van der Waals surface area contributed by atoms with E-state index in [1.807, 2.05) is 6.92 Å². The van der Waals surface area contributed by atoms with Crippen molar-refractivity contribution in [3.05, 3.63) is 18.0 Å². The zero-order chi connectivity index (χ0) is 10.6. The van der Waals surface area contributed by atoms with Gasteiger partial charge in [-0.3, -0.25) is 9.89 Å². The number of hydrogen-bond acceptors (Lipinski definition) is 3. The lowest BCUT2D eigenvalue weighted by Gasteiger charge is -2.20. The second kappa shape index (κ2) is 4.76.